The summed E-state index contributed by atoms with van der Waals surface area (Å²) in [6, 6.07) is 0. The fourth-order valence-electron chi connectivity index (χ4n) is 1.32. The van der Waals surface area contributed by atoms with Crippen LogP contribution in [0.1, 0.15) is 20.3 Å². The monoisotopic (exact) mass is 142 g/mol. The van der Waals surface area contributed by atoms with Crippen molar-refractivity contribution in [2.45, 2.75) is 26.4 Å². The van der Waals surface area contributed by atoms with Gasteiger partial charge in [0.25, 0.3) is 0 Å². The zero-order valence-electron chi connectivity index (χ0n) is 7.05. The average Bonchev–Trinajstić information content (AvgIpc) is 2.13. The summed E-state index contributed by atoms with van der Waals surface area (Å²) in [5.74, 6) is 0. The molecular formula is C8H16NO-. The van der Waals surface area contributed by atoms with Crippen LogP contribution in [0.4, 0.5) is 0 Å². The first-order valence-corrected chi connectivity index (χ1v) is 3.84. The first-order chi connectivity index (χ1) is 4.67. The second kappa shape index (κ2) is 2.89. The van der Waals surface area contributed by atoms with Gasteiger partial charge in [0.2, 0.25) is 0 Å². The molecule has 0 N–H and O–H groups in total. The van der Waals surface area contributed by atoms with Gasteiger partial charge in [-0.1, -0.05) is 13.8 Å². The summed E-state index contributed by atoms with van der Waals surface area (Å²) < 4.78 is 5.51. The van der Waals surface area contributed by atoms with Crippen LogP contribution >= 0.6 is 0 Å². The highest BCUT2D eigenvalue weighted by molar-refractivity contribution is 4.91. The zero-order chi connectivity index (χ0) is 7.61. The molecule has 0 spiro atoms. The van der Waals surface area contributed by atoms with Gasteiger partial charge in [-0.2, -0.15) is 7.05 Å². The van der Waals surface area contributed by atoms with Crippen molar-refractivity contribution in [1.29, 1.82) is 0 Å². The van der Waals surface area contributed by atoms with E-state index in [4.69, 9.17) is 4.74 Å². The Bertz CT molecular complexity index is 112. The summed E-state index contributed by atoms with van der Waals surface area (Å²) in [4.78, 5) is 0. The van der Waals surface area contributed by atoms with Crippen LogP contribution in [0.15, 0.2) is 0 Å². The minimum Gasteiger partial charge on any atom is -0.663 e. The van der Waals surface area contributed by atoms with E-state index in [-0.39, 0.29) is 0 Å². The van der Waals surface area contributed by atoms with Crippen molar-refractivity contribution in [3.63, 3.8) is 0 Å². The smallest absolute Gasteiger partial charge is 0.0475 e. The zero-order valence-corrected chi connectivity index (χ0v) is 7.05. The van der Waals surface area contributed by atoms with Crippen LogP contribution < -0.4 is 0 Å². The Labute approximate surface area is 63.0 Å². The van der Waals surface area contributed by atoms with Gasteiger partial charge in [-0.15, -0.1) is 6.54 Å². The SMILES string of the molecule is C[N-]CC1OCCC1(C)C. The molecule has 0 amide bonds. The van der Waals surface area contributed by atoms with Crippen molar-refractivity contribution in [3.05, 3.63) is 5.32 Å². The van der Waals surface area contributed by atoms with Crippen molar-refractivity contribution >= 4 is 0 Å². The molecule has 0 saturated carbocycles. The van der Waals surface area contributed by atoms with E-state index in [1.165, 1.54) is 6.42 Å². The highest BCUT2D eigenvalue weighted by Gasteiger charge is 2.32. The predicted octanol–water partition coefficient (Wildman–Crippen LogP) is 1.81. The molecule has 1 aliphatic rings. The number of likely N-dealkylation sites (N-methyl/N-ethyl adjacent to an activating group) is 1. The summed E-state index contributed by atoms with van der Waals surface area (Å²) in [7, 11) is 1.84. The minimum absolute atomic E-state index is 0.347. The van der Waals surface area contributed by atoms with Crippen molar-refractivity contribution in [3.8, 4) is 0 Å². The Hall–Kier alpha value is -0.0800. The molecule has 0 radical (unpaired) electrons. The van der Waals surface area contributed by atoms with E-state index in [2.05, 4.69) is 19.2 Å². The van der Waals surface area contributed by atoms with Gasteiger partial charge in [-0.25, -0.2) is 0 Å². The number of ether oxygens (including phenoxy) is 1. The van der Waals surface area contributed by atoms with Crippen molar-refractivity contribution in [2.75, 3.05) is 20.2 Å². The topological polar surface area (TPSA) is 23.3 Å². The van der Waals surface area contributed by atoms with E-state index in [9.17, 15) is 0 Å². The molecule has 2 heteroatoms. The van der Waals surface area contributed by atoms with Gasteiger partial charge >= 0.3 is 0 Å². The maximum atomic E-state index is 5.51. The van der Waals surface area contributed by atoms with Gasteiger partial charge in [0.1, 0.15) is 0 Å². The highest BCUT2D eigenvalue weighted by atomic mass is 16.5. The number of hydrogen-bond acceptors (Lipinski definition) is 1. The first-order valence-electron chi connectivity index (χ1n) is 3.84. The fourth-order valence-corrected chi connectivity index (χ4v) is 1.32. The van der Waals surface area contributed by atoms with Crippen LogP contribution in [0.2, 0.25) is 0 Å². The molecule has 10 heavy (non-hydrogen) atoms. The van der Waals surface area contributed by atoms with Crippen LogP contribution in [-0.2, 0) is 4.74 Å². The lowest BCUT2D eigenvalue weighted by molar-refractivity contribution is 0.0761. The highest BCUT2D eigenvalue weighted by Crippen LogP contribution is 2.33. The summed E-state index contributed by atoms with van der Waals surface area (Å²) in [5.41, 5.74) is 0.347. The van der Waals surface area contributed by atoms with E-state index < -0.39 is 0 Å². The second-order valence-electron chi connectivity index (χ2n) is 3.60. The largest absolute Gasteiger partial charge is 0.663 e. The Balaban J connectivity index is 2.43. The molecule has 0 aromatic heterocycles. The maximum absolute atomic E-state index is 5.51. The van der Waals surface area contributed by atoms with Crippen LogP contribution in [0.25, 0.3) is 5.32 Å². The van der Waals surface area contributed by atoms with E-state index in [0.29, 0.717) is 11.5 Å². The molecule has 1 heterocycles. The summed E-state index contributed by atoms with van der Waals surface area (Å²) in [6.07, 6.45) is 1.53. The summed E-state index contributed by atoms with van der Waals surface area (Å²) in [6.45, 7) is 6.26. The number of nitrogens with zero attached hydrogens (tertiary/aromatic N) is 1. The number of rotatable bonds is 2. The molecular weight excluding hydrogens is 126 g/mol. The molecule has 0 aromatic carbocycles. The molecule has 2 nitrogen and oxygen atoms in total. The van der Waals surface area contributed by atoms with Crippen LogP contribution in [0, 0.1) is 5.41 Å². The van der Waals surface area contributed by atoms with Crippen LogP contribution in [0.3, 0.4) is 0 Å². The third-order valence-corrected chi connectivity index (χ3v) is 2.29. The minimum atomic E-state index is 0.347. The lowest BCUT2D eigenvalue weighted by Crippen LogP contribution is -2.27. The number of hydrogen-bond donors (Lipinski definition) is 0. The Morgan fingerprint density at radius 2 is 2.30 bits per heavy atom. The van der Waals surface area contributed by atoms with E-state index in [1.54, 1.807) is 0 Å². The Morgan fingerprint density at radius 3 is 2.70 bits per heavy atom. The van der Waals surface area contributed by atoms with E-state index in [1.807, 2.05) is 7.05 Å². The molecule has 1 aliphatic heterocycles. The average molecular weight is 142 g/mol. The van der Waals surface area contributed by atoms with Crippen molar-refractivity contribution in [2.24, 2.45) is 5.41 Å². The third kappa shape index (κ3) is 1.50. The van der Waals surface area contributed by atoms with Gasteiger partial charge in [-0.05, 0) is 11.8 Å². The first kappa shape index (κ1) is 8.02. The van der Waals surface area contributed by atoms with Gasteiger partial charge in [0, 0.05) is 12.7 Å². The second-order valence-corrected chi connectivity index (χ2v) is 3.60. The molecule has 1 atom stereocenters. The molecule has 60 valence electrons. The third-order valence-electron chi connectivity index (χ3n) is 2.29. The molecule has 1 saturated heterocycles. The van der Waals surface area contributed by atoms with E-state index >= 15 is 0 Å². The molecule has 0 aliphatic carbocycles. The molecule has 0 aromatic rings. The van der Waals surface area contributed by atoms with Gasteiger partial charge in [0.15, 0.2) is 0 Å². The molecule has 1 fully saturated rings. The van der Waals surface area contributed by atoms with Crippen LogP contribution in [-0.4, -0.2) is 26.3 Å². The maximum Gasteiger partial charge on any atom is 0.0475 e. The standard InChI is InChI=1S/C8H16NO/c1-8(2)4-5-10-7(8)6-9-3/h7H,4-6H2,1-3H3/q-1. The Morgan fingerprint density at radius 1 is 1.60 bits per heavy atom. The fraction of sp³-hybridized carbons (Fsp3) is 1.00. The molecule has 0 bridgehead atoms. The van der Waals surface area contributed by atoms with Crippen molar-refractivity contribution < 1.29 is 4.74 Å². The molecule has 1 unspecified atom stereocenters. The Kier molecular flexibility index (Phi) is 2.32. The normalized spacial score (nSPS) is 30.9. The van der Waals surface area contributed by atoms with Gasteiger partial charge < -0.3 is 10.1 Å². The summed E-state index contributed by atoms with van der Waals surface area (Å²) in [5, 5.41) is 4.09. The van der Waals surface area contributed by atoms with Gasteiger partial charge in [0.05, 0.1) is 0 Å². The van der Waals surface area contributed by atoms with E-state index in [0.717, 1.165) is 13.2 Å². The molecule has 1 rings (SSSR count). The van der Waals surface area contributed by atoms with Crippen LogP contribution in [0.5, 0.6) is 0 Å². The lowest BCUT2D eigenvalue weighted by Gasteiger charge is -2.29. The lowest BCUT2D eigenvalue weighted by atomic mass is 9.86. The van der Waals surface area contributed by atoms with Crippen molar-refractivity contribution in [1.82, 2.24) is 0 Å². The quantitative estimate of drug-likeness (QED) is 0.576. The van der Waals surface area contributed by atoms with Gasteiger partial charge in [-0.3, -0.25) is 0 Å². The predicted molar refractivity (Wildman–Crippen MR) is 42.3 cm³/mol. The summed E-state index contributed by atoms with van der Waals surface area (Å²) >= 11 is 0.